The molecule has 1 aliphatic heterocycles. The summed E-state index contributed by atoms with van der Waals surface area (Å²) in [5.41, 5.74) is 0. The smallest absolute Gasteiger partial charge is 0.262 e. The van der Waals surface area contributed by atoms with Crippen LogP contribution in [0.5, 0.6) is 0 Å². The van der Waals surface area contributed by atoms with E-state index in [9.17, 15) is 13.6 Å². The maximum absolute atomic E-state index is 12.7. The van der Waals surface area contributed by atoms with Crippen LogP contribution in [-0.2, 0) is 4.79 Å². The summed E-state index contributed by atoms with van der Waals surface area (Å²) >= 11 is 0. The van der Waals surface area contributed by atoms with Gasteiger partial charge in [0, 0.05) is 6.42 Å². The van der Waals surface area contributed by atoms with Crippen LogP contribution in [0.15, 0.2) is 0 Å². The minimum absolute atomic E-state index is 0. The number of nitrogens with one attached hydrogen (secondary N) is 2. The van der Waals surface area contributed by atoms with E-state index in [0.29, 0.717) is 0 Å². The Bertz CT molecular complexity index is 286. The van der Waals surface area contributed by atoms with Crippen LogP contribution in [-0.4, -0.2) is 31.0 Å². The van der Waals surface area contributed by atoms with Crippen LogP contribution in [0.2, 0.25) is 0 Å². The Kier molecular flexibility index (Phi) is 5.55. The molecule has 1 aliphatic rings. The molecule has 1 saturated heterocycles. The molecule has 1 heterocycles. The number of hydrogen-bond donors (Lipinski definition) is 2. The zero-order valence-corrected chi connectivity index (χ0v) is 9.09. The van der Waals surface area contributed by atoms with E-state index >= 15 is 0 Å². The molecule has 0 aromatic rings. The lowest BCUT2D eigenvalue weighted by molar-refractivity contribution is -0.123. The van der Waals surface area contributed by atoms with Gasteiger partial charge in [0.2, 0.25) is 5.91 Å². The first-order valence-corrected chi connectivity index (χ1v) is 4.34. The largest absolute Gasteiger partial charge is 0.344 e. The molecule has 1 fully saturated rings. The summed E-state index contributed by atoms with van der Waals surface area (Å²) in [5.74, 6) is 2.05. The van der Waals surface area contributed by atoms with Crippen molar-refractivity contribution in [1.82, 2.24) is 10.6 Å². The lowest BCUT2D eigenvalue weighted by Crippen LogP contribution is -2.40. The van der Waals surface area contributed by atoms with Crippen molar-refractivity contribution in [2.75, 3.05) is 13.1 Å². The Balaban J connectivity index is 0.00000196. The first-order valence-electron chi connectivity index (χ1n) is 4.34. The third-order valence-corrected chi connectivity index (χ3v) is 1.95. The molecule has 0 spiro atoms. The van der Waals surface area contributed by atoms with E-state index in [1.54, 1.807) is 6.92 Å². The van der Waals surface area contributed by atoms with Crippen LogP contribution >= 0.6 is 12.4 Å². The molecule has 0 radical (unpaired) electrons. The Morgan fingerprint density at radius 3 is 2.80 bits per heavy atom. The molecule has 86 valence electrons. The molecule has 0 aliphatic carbocycles. The number of halogens is 3. The van der Waals surface area contributed by atoms with Gasteiger partial charge in [0.25, 0.3) is 5.92 Å². The zero-order valence-electron chi connectivity index (χ0n) is 8.27. The Labute approximate surface area is 93.4 Å². The molecular formula is C9H13ClF2N2O. The van der Waals surface area contributed by atoms with E-state index in [0.717, 1.165) is 0 Å². The van der Waals surface area contributed by atoms with Gasteiger partial charge in [-0.1, -0.05) is 5.92 Å². The summed E-state index contributed by atoms with van der Waals surface area (Å²) in [6.07, 6.45) is -0.432. The van der Waals surface area contributed by atoms with Crippen molar-refractivity contribution in [2.24, 2.45) is 0 Å². The topological polar surface area (TPSA) is 41.1 Å². The number of hydrogen-bond acceptors (Lipinski definition) is 2. The van der Waals surface area contributed by atoms with Gasteiger partial charge in [-0.2, -0.15) is 0 Å². The maximum atomic E-state index is 12.7. The second-order valence-corrected chi connectivity index (χ2v) is 3.14. The molecule has 1 rings (SSSR count). The molecule has 0 aromatic heterocycles. The van der Waals surface area contributed by atoms with Crippen molar-refractivity contribution < 1.29 is 13.6 Å². The Morgan fingerprint density at radius 1 is 1.67 bits per heavy atom. The fourth-order valence-corrected chi connectivity index (χ4v) is 1.24. The fraction of sp³-hybridized carbons (Fsp3) is 0.667. The first kappa shape index (κ1) is 14.1. The average Bonchev–Trinajstić information content (AvgIpc) is 2.46. The summed E-state index contributed by atoms with van der Waals surface area (Å²) in [6.45, 7) is 1.43. The van der Waals surface area contributed by atoms with Gasteiger partial charge in [0.15, 0.2) is 0 Å². The predicted molar refractivity (Wildman–Crippen MR) is 55.1 cm³/mol. The summed E-state index contributed by atoms with van der Waals surface area (Å²) in [4.78, 5) is 11.2. The highest BCUT2D eigenvalue weighted by atomic mass is 35.5. The third kappa shape index (κ3) is 4.45. The maximum Gasteiger partial charge on any atom is 0.262 e. The minimum atomic E-state index is -2.77. The van der Waals surface area contributed by atoms with Crippen molar-refractivity contribution in [3.63, 3.8) is 0 Å². The predicted octanol–water partition coefficient (Wildman–Crippen LogP) is 0.545. The molecule has 0 saturated carbocycles. The van der Waals surface area contributed by atoms with E-state index in [1.165, 1.54) is 0 Å². The van der Waals surface area contributed by atoms with Gasteiger partial charge in [-0.25, -0.2) is 8.78 Å². The number of amides is 1. The van der Waals surface area contributed by atoms with Crippen LogP contribution in [0.25, 0.3) is 0 Å². The lowest BCUT2D eigenvalue weighted by Gasteiger charge is -2.08. The standard InChI is InChI=1S/C9H12F2N2O.ClH/c1-2-3-4-12-8(14)7-5-9(10,11)6-13-7;/h7,13H,4-6H2,1H3,(H,12,14);1H. The molecule has 3 nitrogen and oxygen atoms in total. The third-order valence-electron chi connectivity index (χ3n) is 1.95. The molecule has 0 bridgehead atoms. The fourth-order valence-electron chi connectivity index (χ4n) is 1.24. The number of rotatable bonds is 2. The number of carbonyl (C=O) groups is 1. The van der Waals surface area contributed by atoms with Crippen molar-refractivity contribution in [3.05, 3.63) is 0 Å². The zero-order chi connectivity index (χ0) is 10.6. The van der Waals surface area contributed by atoms with Gasteiger partial charge >= 0.3 is 0 Å². The van der Waals surface area contributed by atoms with Gasteiger partial charge in [0.05, 0.1) is 19.1 Å². The summed E-state index contributed by atoms with van der Waals surface area (Å²) in [6, 6.07) is -0.788. The molecule has 6 heteroatoms. The average molecular weight is 239 g/mol. The van der Waals surface area contributed by atoms with Crippen molar-refractivity contribution in [2.45, 2.75) is 25.3 Å². The molecular weight excluding hydrogens is 226 g/mol. The molecule has 1 amide bonds. The van der Waals surface area contributed by atoms with E-state index in [2.05, 4.69) is 22.5 Å². The van der Waals surface area contributed by atoms with E-state index in [-0.39, 0.29) is 19.0 Å². The highest BCUT2D eigenvalue weighted by molar-refractivity contribution is 5.85. The van der Waals surface area contributed by atoms with Crippen LogP contribution in [0.1, 0.15) is 13.3 Å². The van der Waals surface area contributed by atoms with Crippen LogP contribution in [0, 0.1) is 11.8 Å². The molecule has 1 atom stereocenters. The Hall–Kier alpha value is -0.860. The molecule has 2 N–H and O–H groups in total. The van der Waals surface area contributed by atoms with Crippen molar-refractivity contribution in [3.8, 4) is 11.8 Å². The number of alkyl halides is 2. The summed E-state index contributed by atoms with van der Waals surface area (Å²) in [5, 5.41) is 4.92. The normalized spacial score (nSPS) is 22.2. The second kappa shape index (κ2) is 5.89. The van der Waals surface area contributed by atoms with Gasteiger partial charge < -0.3 is 5.32 Å². The van der Waals surface area contributed by atoms with E-state index < -0.39 is 30.8 Å². The minimum Gasteiger partial charge on any atom is -0.344 e. The summed E-state index contributed by atoms with van der Waals surface area (Å²) in [7, 11) is 0. The first-order chi connectivity index (χ1) is 6.55. The van der Waals surface area contributed by atoms with Gasteiger partial charge in [-0.3, -0.25) is 10.1 Å². The summed E-state index contributed by atoms with van der Waals surface area (Å²) < 4.78 is 25.3. The van der Waals surface area contributed by atoms with Crippen molar-refractivity contribution >= 4 is 18.3 Å². The molecule has 15 heavy (non-hydrogen) atoms. The van der Waals surface area contributed by atoms with E-state index in [4.69, 9.17) is 0 Å². The van der Waals surface area contributed by atoms with Gasteiger partial charge in [0.1, 0.15) is 0 Å². The Morgan fingerprint density at radius 2 is 2.33 bits per heavy atom. The number of carbonyl (C=O) groups excluding carboxylic acids is 1. The monoisotopic (exact) mass is 238 g/mol. The lowest BCUT2D eigenvalue weighted by atomic mass is 10.2. The van der Waals surface area contributed by atoms with E-state index in [1.807, 2.05) is 0 Å². The molecule has 1 unspecified atom stereocenters. The highest BCUT2D eigenvalue weighted by Crippen LogP contribution is 2.24. The second-order valence-electron chi connectivity index (χ2n) is 3.14. The van der Waals surface area contributed by atoms with Crippen LogP contribution in [0.3, 0.4) is 0 Å². The quantitative estimate of drug-likeness (QED) is 0.690. The van der Waals surface area contributed by atoms with Gasteiger partial charge in [-0.15, -0.1) is 18.3 Å². The van der Waals surface area contributed by atoms with Crippen molar-refractivity contribution in [1.29, 1.82) is 0 Å². The highest BCUT2D eigenvalue weighted by Gasteiger charge is 2.42. The van der Waals surface area contributed by atoms with Crippen LogP contribution in [0.4, 0.5) is 8.78 Å². The molecule has 0 aromatic carbocycles. The SMILES string of the molecule is CC#CCNC(=O)C1CC(F)(F)CN1.Cl. The van der Waals surface area contributed by atoms with Crippen LogP contribution < -0.4 is 10.6 Å². The van der Waals surface area contributed by atoms with Gasteiger partial charge in [-0.05, 0) is 6.92 Å².